The highest BCUT2D eigenvalue weighted by Gasteiger charge is 2.44. The molecule has 0 atom stereocenters. The summed E-state index contributed by atoms with van der Waals surface area (Å²) in [4.78, 5) is 2.35. The van der Waals surface area contributed by atoms with Crippen molar-refractivity contribution in [3.63, 3.8) is 0 Å². The van der Waals surface area contributed by atoms with Gasteiger partial charge < -0.3 is 4.90 Å². The maximum atomic E-state index is 13.8. The van der Waals surface area contributed by atoms with Gasteiger partial charge in [0.1, 0.15) is 6.54 Å². The van der Waals surface area contributed by atoms with Crippen molar-refractivity contribution in [1.82, 2.24) is 9.03 Å². The molecule has 0 fully saturated rings. The van der Waals surface area contributed by atoms with Gasteiger partial charge in [-0.05, 0) is 74.8 Å². The van der Waals surface area contributed by atoms with Crippen LogP contribution < -0.4 is 9.62 Å². The Balaban J connectivity index is 1.54. The van der Waals surface area contributed by atoms with Crippen LogP contribution in [0.15, 0.2) is 95.4 Å². The first-order valence-corrected chi connectivity index (χ1v) is 23.3. The van der Waals surface area contributed by atoms with E-state index in [1.807, 2.05) is 38.1 Å². The number of anilines is 1. The van der Waals surface area contributed by atoms with E-state index in [0.29, 0.717) is 56.8 Å². The Kier molecular flexibility index (Phi) is 14.5. The van der Waals surface area contributed by atoms with Crippen molar-refractivity contribution in [3.05, 3.63) is 107 Å². The van der Waals surface area contributed by atoms with Crippen molar-refractivity contribution < 1.29 is 40.6 Å². The van der Waals surface area contributed by atoms with E-state index in [0.717, 1.165) is 70.9 Å². The van der Waals surface area contributed by atoms with Crippen molar-refractivity contribution in [2.45, 2.75) is 90.9 Å². The summed E-state index contributed by atoms with van der Waals surface area (Å²) in [5, 5.41) is 12.2. The molecule has 56 heavy (non-hydrogen) atoms. The molecule has 306 valence electrons. The summed E-state index contributed by atoms with van der Waals surface area (Å²) in [7, 11) is -7.90. The highest BCUT2D eigenvalue weighted by atomic mass is 32.2. The molecule has 0 radical (unpaired) electrons. The number of fused-ring (bicyclic) bond motifs is 2. The van der Waals surface area contributed by atoms with E-state index >= 15 is 0 Å². The number of allylic oxidation sites excluding steroid dienone is 7. The van der Waals surface area contributed by atoms with E-state index in [2.05, 4.69) is 99.8 Å². The highest BCUT2D eigenvalue weighted by molar-refractivity contribution is 7.94. The molecule has 1 aliphatic carbocycles. The SMILES string of the molecule is CCN(CC)S(=O)(=O)NC1=C(/C=C/C2=[N+](CCCCS(=O)(=O)O)c3ccccc3C2(C)C)CC/C1=C\C=C1\N(CCCCSOOO)c2ccccc2C1(C)C. The van der Waals surface area contributed by atoms with E-state index in [1.54, 1.807) is 0 Å². The first-order chi connectivity index (χ1) is 26.6. The molecule has 0 unspecified atom stereocenters. The van der Waals surface area contributed by atoms with Crippen molar-refractivity contribution in [2.75, 3.05) is 42.6 Å². The number of hydrogen-bond acceptors (Lipinski definition) is 9. The van der Waals surface area contributed by atoms with E-state index < -0.39 is 20.3 Å². The number of benzene rings is 2. The van der Waals surface area contributed by atoms with Gasteiger partial charge in [-0.2, -0.15) is 25.7 Å². The highest BCUT2D eigenvalue weighted by Crippen LogP contribution is 2.48. The minimum atomic E-state index is -4.05. The zero-order valence-electron chi connectivity index (χ0n) is 33.3. The van der Waals surface area contributed by atoms with Crippen LogP contribution in [-0.4, -0.2) is 78.9 Å². The van der Waals surface area contributed by atoms with Crippen molar-refractivity contribution in [3.8, 4) is 0 Å². The Morgan fingerprint density at radius 1 is 0.893 bits per heavy atom. The summed E-state index contributed by atoms with van der Waals surface area (Å²) in [5.74, 6) is 0.371. The van der Waals surface area contributed by atoms with Gasteiger partial charge in [-0.1, -0.05) is 81.3 Å². The van der Waals surface area contributed by atoms with Crippen LogP contribution in [0, 0.1) is 0 Å². The molecule has 3 aliphatic rings. The standard InChI is InChI=1S/C41H56N4O8S3/c1-7-43(8-2)56(50,51)42-39-31(23-25-37-40(3,4)33-17-9-11-19-35(33)44(37)27-13-15-29-54-53-52-46)21-22-32(39)24-26-38-41(5,6)34-18-10-12-20-36(34)45(38)28-14-16-30-55(47,48)49/h9-12,17-20,23-26H,7-8,13-16,21-22,27-30H2,1-6H3,(H2,46,47,48,49)/p+1/b31-23+,37-25+. The second-order valence-electron chi connectivity index (χ2n) is 15.3. The molecule has 3 N–H and O–H groups in total. The zero-order chi connectivity index (χ0) is 40.7. The molecule has 0 saturated carbocycles. The van der Waals surface area contributed by atoms with Crippen LogP contribution in [0.25, 0.3) is 0 Å². The largest absolute Gasteiger partial charge is 0.344 e. The van der Waals surface area contributed by atoms with Gasteiger partial charge in [0, 0.05) is 78.4 Å². The monoisotopic (exact) mass is 829 g/mol. The number of unbranched alkanes of at least 4 members (excludes halogenated alkanes) is 2. The molecule has 2 aromatic rings. The maximum absolute atomic E-state index is 13.8. The Morgan fingerprint density at radius 2 is 1.59 bits per heavy atom. The van der Waals surface area contributed by atoms with E-state index in [9.17, 15) is 21.4 Å². The first-order valence-electron chi connectivity index (χ1n) is 19.3. The van der Waals surface area contributed by atoms with Crippen LogP contribution in [0.3, 0.4) is 0 Å². The molecule has 0 saturated heterocycles. The molecule has 2 aliphatic heterocycles. The molecule has 0 amide bonds. The minimum absolute atomic E-state index is 0.290. The van der Waals surface area contributed by atoms with E-state index in [4.69, 9.17) is 5.26 Å². The lowest BCUT2D eigenvalue weighted by Gasteiger charge is -2.27. The molecule has 0 bridgehead atoms. The van der Waals surface area contributed by atoms with Gasteiger partial charge in [0.15, 0.2) is 5.71 Å². The summed E-state index contributed by atoms with van der Waals surface area (Å²) >= 11 is 1.06. The number of hydrogen-bond donors (Lipinski definition) is 3. The number of rotatable bonds is 20. The fraction of sp³-hybridized carbons (Fsp3) is 0.488. The molecular formula is C41H57N4O8S3+. The predicted octanol–water partition coefficient (Wildman–Crippen LogP) is 7.97. The molecular weight excluding hydrogens is 773 g/mol. The summed E-state index contributed by atoms with van der Waals surface area (Å²) in [5.41, 5.74) is 8.43. The molecule has 2 heterocycles. The number of nitrogens with zero attached hydrogens (tertiary/aromatic N) is 3. The van der Waals surface area contributed by atoms with Crippen LogP contribution in [0.2, 0.25) is 0 Å². The summed E-state index contributed by atoms with van der Waals surface area (Å²) in [6.45, 7) is 14.4. The fourth-order valence-electron chi connectivity index (χ4n) is 8.11. The zero-order valence-corrected chi connectivity index (χ0v) is 35.8. The van der Waals surface area contributed by atoms with Crippen LogP contribution in [-0.2, 0) is 40.5 Å². The van der Waals surface area contributed by atoms with Gasteiger partial charge in [-0.15, -0.1) is 4.33 Å². The second-order valence-corrected chi connectivity index (χ2v) is 19.3. The third-order valence-corrected chi connectivity index (χ3v) is 14.1. The predicted molar refractivity (Wildman–Crippen MR) is 225 cm³/mol. The fourth-order valence-corrected chi connectivity index (χ4v) is 10.4. The lowest BCUT2D eigenvalue weighted by atomic mass is 9.81. The molecule has 5 rings (SSSR count). The Labute approximate surface area is 337 Å². The van der Waals surface area contributed by atoms with Crippen LogP contribution in [0.5, 0.6) is 0 Å². The molecule has 0 aromatic heterocycles. The van der Waals surface area contributed by atoms with Gasteiger partial charge >= 0.3 is 10.2 Å². The van der Waals surface area contributed by atoms with Gasteiger partial charge in [0.2, 0.25) is 5.69 Å². The molecule has 15 heteroatoms. The Bertz CT molecular complexity index is 2120. The average molecular weight is 830 g/mol. The first kappa shape index (κ1) is 43.8. The Hall–Kier alpha value is -3.28. The summed E-state index contributed by atoms with van der Waals surface area (Å²) in [6, 6.07) is 16.6. The van der Waals surface area contributed by atoms with E-state index in [-0.39, 0.29) is 16.6 Å². The minimum Gasteiger partial charge on any atom is -0.344 e. The molecule has 12 nitrogen and oxygen atoms in total. The second kappa shape index (κ2) is 18.5. The van der Waals surface area contributed by atoms with Gasteiger partial charge in [-0.3, -0.25) is 9.27 Å². The van der Waals surface area contributed by atoms with Crippen LogP contribution in [0.4, 0.5) is 11.4 Å². The van der Waals surface area contributed by atoms with Gasteiger partial charge in [-0.25, -0.2) is 5.26 Å². The average Bonchev–Trinajstić information content (AvgIpc) is 3.70. The number of nitrogens with one attached hydrogen (secondary N) is 1. The molecule has 2 aromatic carbocycles. The van der Waals surface area contributed by atoms with Crippen LogP contribution in [0.1, 0.15) is 91.2 Å². The lowest BCUT2D eigenvalue weighted by Crippen LogP contribution is -2.40. The van der Waals surface area contributed by atoms with Gasteiger partial charge in [0.25, 0.3) is 10.1 Å². The number of para-hydroxylation sites is 2. The summed E-state index contributed by atoms with van der Waals surface area (Å²) < 4.78 is 70.9. The third-order valence-electron chi connectivity index (χ3n) is 11.0. The smallest absolute Gasteiger partial charge is 0.301 e. The van der Waals surface area contributed by atoms with Crippen molar-refractivity contribution in [1.29, 1.82) is 0 Å². The van der Waals surface area contributed by atoms with Crippen molar-refractivity contribution in [2.24, 2.45) is 0 Å². The van der Waals surface area contributed by atoms with Crippen LogP contribution >= 0.6 is 12.0 Å². The normalized spacial score (nSPS) is 19.3. The van der Waals surface area contributed by atoms with Gasteiger partial charge in [0.05, 0.1) is 16.9 Å². The third kappa shape index (κ3) is 9.87. The maximum Gasteiger partial charge on any atom is 0.301 e. The molecule has 0 spiro atoms. The van der Waals surface area contributed by atoms with Crippen molar-refractivity contribution >= 4 is 49.5 Å². The lowest BCUT2D eigenvalue weighted by molar-refractivity contribution is -0.438. The van der Waals surface area contributed by atoms with E-state index in [1.165, 1.54) is 9.87 Å². The topological polar surface area (TPSA) is 149 Å². The quantitative estimate of drug-likeness (QED) is 0.0300. The summed E-state index contributed by atoms with van der Waals surface area (Å²) in [6.07, 6.45) is 12.2. The Morgan fingerprint density at radius 3 is 2.29 bits per heavy atom.